The summed E-state index contributed by atoms with van der Waals surface area (Å²) in [6.45, 7) is -0.308. The highest BCUT2D eigenvalue weighted by molar-refractivity contribution is 7.98. The van der Waals surface area contributed by atoms with Crippen molar-refractivity contribution in [1.82, 2.24) is 30.9 Å². The fraction of sp³-hybridized carbons (Fsp3) is 0.167. The second-order valence-electron chi connectivity index (χ2n) is 5.87. The van der Waals surface area contributed by atoms with Crippen LogP contribution in [-0.2, 0) is 17.6 Å². The molecule has 3 amide bonds. The summed E-state index contributed by atoms with van der Waals surface area (Å²) in [6.07, 6.45) is 2.99. The van der Waals surface area contributed by atoms with Crippen molar-refractivity contribution in [3.8, 4) is 0 Å². The number of aromatic nitrogens is 3. The SMILES string of the molecule is Cn1cnnc1SCc1ccc(C(=O)NNC(=O)CNC(=O)c2ccco2)cc1. The number of benzene rings is 1. The van der Waals surface area contributed by atoms with Gasteiger partial charge in [0.15, 0.2) is 10.9 Å². The summed E-state index contributed by atoms with van der Waals surface area (Å²) < 4.78 is 6.74. The molecule has 1 aromatic carbocycles. The summed E-state index contributed by atoms with van der Waals surface area (Å²) in [7, 11) is 1.87. The van der Waals surface area contributed by atoms with E-state index in [1.54, 1.807) is 24.5 Å². The summed E-state index contributed by atoms with van der Waals surface area (Å²) in [5.74, 6) is -0.788. The third kappa shape index (κ3) is 5.69. The standard InChI is InChI=1S/C18H18N6O4S/c1-24-11-20-23-18(24)29-10-12-4-6-13(7-5-12)16(26)22-21-15(25)9-19-17(27)14-3-2-8-28-14/h2-8,11H,9-10H2,1H3,(H,19,27)(H,21,25)(H,22,26). The number of hydrazine groups is 1. The quantitative estimate of drug-likeness (QED) is 0.386. The molecule has 29 heavy (non-hydrogen) atoms. The Labute approximate surface area is 170 Å². The monoisotopic (exact) mass is 414 g/mol. The average molecular weight is 414 g/mol. The molecular weight excluding hydrogens is 396 g/mol. The van der Waals surface area contributed by atoms with Gasteiger partial charge in [-0.25, -0.2) is 0 Å². The van der Waals surface area contributed by atoms with E-state index in [0.29, 0.717) is 11.3 Å². The van der Waals surface area contributed by atoms with Crippen molar-refractivity contribution in [2.75, 3.05) is 6.54 Å². The van der Waals surface area contributed by atoms with Crippen LogP contribution in [0, 0.1) is 0 Å². The van der Waals surface area contributed by atoms with Gasteiger partial charge in [-0.05, 0) is 29.8 Å². The van der Waals surface area contributed by atoms with Gasteiger partial charge >= 0.3 is 0 Å². The Kier molecular flexibility index (Phi) is 6.63. The molecule has 11 heteroatoms. The molecule has 0 aliphatic rings. The number of hydrogen-bond acceptors (Lipinski definition) is 7. The van der Waals surface area contributed by atoms with Crippen molar-refractivity contribution in [3.63, 3.8) is 0 Å². The number of thioether (sulfide) groups is 1. The van der Waals surface area contributed by atoms with E-state index < -0.39 is 17.7 Å². The summed E-state index contributed by atoms with van der Waals surface area (Å²) in [5.41, 5.74) is 5.94. The third-order valence-corrected chi connectivity index (χ3v) is 4.83. The Balaban J connectivity index is 1.41. The first-order valence-electron chi connectivity index (χ1n) is 8.49. The van der Waals surface area contributed by atoms with Gasteiger partial charge in [0.2, 0.25) is 0 Å². The molecule has 0 saturated carbocycles. The van der Waals surface area contributed by atoms with Gasteiger partial charge in [-0.15, -0.1) is 10.2 Å². The van der Waals surface area contributed by atoms with E-state index in [1.165, 1.54) is 24.1 Å². The molecule has 10 nitrogen and oxygen atoms in total. The Bertz CT molecular complexity index is 984. The first-order valence-corrected chi connectivity index (χ1v) is 9.48. The molecule has 3 aromatic rings. The van der Waals surface area contributed by atoms with Crippen LogP contribution in [0.3, 0.4) is 0 Å². The minimum absolute atomic E-state index is 0.0965. The molecule has 0 saturated heterocycles. The molecule has 0 unspecified atom stereocenters. The molecule has 0 aliphatic carbocycles. The summed E-state index contributed by atoms with van der Waals surface area (Å²) in [4.78, 5) is 35.5. The van der Waals surface area contributed by atoms with E-state index in [4.69, 9.17) is 4.42 Å². The molecule has 2 heterocycles. The van der Waals surface area contributed by atoms with Crippen LogP contribution in [0.2, 0.25) is 0 Å². The van der Waals surface area contributed by atoms with Crippen molar-refractivity contribution in [2.24, 2.45) is 7.05 Å². The highest BCUT2D eigenvalue weighted by Gasteiger charge is 2.11. The van der Waals surface area contributed by atoms with Gasteiger partial charge in [0, 0.05) is 18.4 Å². The minimum Gasteiger partial charge on any atom is -0.459 e. The van der Waals surface area contributed by atoms with Gasteiger partial charge in [0.05, 0.1) is 12.8 Å². The van der Waals surface area contributed by atoms with Gasteiger partial charge in [-0.2, -0.15) is 0 Å². The van der Waals surface area contributed by atoms with Crippen LogP contribution in [0.25, 0.3) is 0 Å². The number of aryl methyl sites for hydroxylation is 1. The number of nitrogens with zero attached hydrogens (tertiary/aromatic N) is 3. The number of furan rings is 1. The molecule has 0 aliphatic heterocycles. The van der Waals surface area contributed by atoms with Crippen molar-refractivity contribution < 1.29 is 18.8 Å². The fourth-order valence-corrected chi connectivity index (χ4v) is 3.05. The largest absolute Gasteiger partial charge is 0.459 e. The molecule has 0 fully saturated rings. The molecule has 3 rings (SSSR count). The lowest BCUT2D eigenvalue weighted by Gasteiger charge is -2.08. The minimum atomic E-state index is -0.574. The van der Waals surface area contributed by atoms with Crippen molar-refractivity contribution in [3.05, 3.63) is 65.9 Å². The van der Waals surface area contributed by atoms with Crippen LogP contribution in [-0.4, -0.2) is 39.0 Å². The van der Waals surface area contributed by atoms with Crippen LogP contribution < -0.4 is 16.2 Å². The molecular formula is C18H18N6O4S. The van der Waals surface area contributed by atoms with E-state index in [9.17, 15) is 14.4 Å². The highest BCUT2D eigenvalue weighted by atomic mass is 32.2. The summed E-state index contributed by atoms with van der Waals surface area (Å²) in [5, 5.41) is 11.0. The van der Waals surface area contributed by atoms with Crippen LogP contribution in [0.4, 0.5) is 0 Å². The van der Waals surface area contributed by atoms with E-state index in [-0.39, 0.29) is 12.3 Å². The maximum Gasteiger partial charge on any atom is 0.287 e. The molecule has 0 radical (unpaired) electrons. The molecule has 0 spiro atoms. The Morgan fingerprint density at radius 3 is 2.55 bits per heavy atom. The topological polar surface area (TPSA) is 131 Å². The third-order valence-electron chi connectivity index (χ3n) is 3.72. The van der Waals surface area contributed by atoms with E-state index in [1.807, 2.05) is 23.7 Å². The predicted molar refractivity (Wildman–Crippen MR) is 104 cm³/mol. The Morgan fingerprint density at radius 2 is 1.90 bits per heavy atom. The second kappa shape index (κ2) is 9.55. The van der Waals surface area contributed by atoms with Crippen LogP contribution >= 0.6 is 11.8 Å². The fourth-order valence-electron chi connectivity index (χ4n) is 2.20. The van der Waals surface area contributed by atoms with Gasteiger partial charge in [-0.3, -0.25) is 25.2 Å². The number of amides is 3. The lowest BCUT2D eigenvalue weighted by atomic mass is 10.1. The maximum absolute atomic E-state index is 12.1. The van der Waals surface area contributed by atoms with Crippen LogP contribution in [0.5, 0.6) is 0 Å². The summed E-state index contributed by atoms with van der Waals surface area (Å²) >= 11 is 1.53. The zero-order valence-electron chi connectivity index (χ0n) is 15.4. The van der Waals surface area contributed by atoms with Crippen LogP contribution in [0.15, 0.2) is 58.6 Å². The summed E-state index contributed by atoms with van der Waals surface area (Å²) in [6, 6.07) is 10.0. The smallest absolute Gasteiger partial charge is 0.287 e. The average Bonchev–Trinajstić information content (AvgIpc) is 3.41. The molecule has 0 bridgehead atoms. The normalized spacial score (nSPS) is 10.4. The van der Waals surface area contributed by atoms with Gasteiger partial charge in [0.25, 0.3) is 17.7 Å². The molecule has 0 atom stereocenters. The van der Waals surface area contributed by atoms with Crippen molar-refractivity contribution in [2.45, 2.75) is 10.9 Å². The number of carbonyl (C=O) groups excluding carboxylic acids is 3. The zero-order chi connectivity index (χ0) is 20.6. The van der Waals surface area contributed by atoms with Gasteiger partial charge < -0.3 is 14.3 Å². The van der Waals surface area contributed by atoms with Crippen molar-refractivity contribution in [1.29, 1.82) is 0 Å². The first kappa shape index (κ1) is 20.1. The lowest BCUT2D eigenvalue weighted by Crippen LogP contribution is -2.46. The molecule has 3 N–H and O–H groups in total. The highest BCUT2D eigenvalue weighted by Crippen LogP contribution is 2.20. The second-order valence-corrected chi connectivity index (χ2v) is 6.81. The molecule has 2 aromatic heterocycles. The number of rotatable bonds is 7. The van der Waals surface area contributed by atoms with Crippen molar-refractivity contribution >= 4 is 29.5 Å². The molecule has 150 valence electrons. The maximum atomic E-state index is 12.1. The number of carbonyl (C=O) groups is 3. The first-order chi connectivity index (χ1) is 14.0. The van der Waals surface area contributed by atoms with E-state index >= 15 is 0 Å². The van der Waals surface area contributed by atoms with Gasteiger partial charge in [0.1, 0.15) is 6.33 Å². The zero-order valence-corrected chi connectivity index (χ0v) is 16.2. The van der Waals surface area contributed by atoms with Gasteiger partial charge in [-0.1, -0.05) is 23.9 Å². The Morgan fingerprint density at radius 1 is 1.10 bits per heavy atom. The van der Waals surface area contributed by atoms with E-state index in [2.05, 4.69) is 26.4 Å². The Hall–Kier alpha value is -3.60. The number of hydrogen-bond donors (Lipinski definition) is 3. The van der Waals surface area contributed by atoms with Crippen LogP contribution in [0.1, 0.15) is 26.5 Å². The number of nitrogens with one attached hydrogen (secondary N) is 3. The lowest BCUT2D eigenvalue weighted by molar-refractivity contribution is -0.120. The van der Waals surface area contributed by atoms with E-state index in [0.717, 1.165) is 10.7 Å². The predicted octanol–water partition coefficient (Wildman–Crippen LogP) is 0.891.